The van der Waals surface area contributed by atoms with Gasteiger partial charge >= 0.3 is 0 Å². The molecule has 24 heavy (non-hydrogen) atoms. The summed E-state index contributed by atoms with van der Waals surface area (Å²) in [7, 11) is 0. The highest BCUT2D eigenvalue weighted by Crippen LogP contribution is 2.66. The summed E-state index contributed by atoms with van der Waals surface area (Å²) in [4.78, 5) is 0. The van der Waals surface area contributed by atoms with Crippen molar-refractivity contribution in [2.75, 3.05) is 19.8 Å². The van der Waals surface area contributed by atoms with Crippen molar-refractivity contribution in [1.82, 2.24) is 5.32 Å². The highest BCUT2D eigenvalue weighted by atomic mass is 16.8. The number of phenols is 1. The molecule has 5 aliphatic rings. The lowest BCUT2D eigenvalue weighted by molar-refractivity contribution is -0.287. The molecule has 0 aromatic heterocycles. The van der Waals surface area contributed by atoms with E-state index < -0.39 is 22.9 Å². The van der Waals surface area contributed by atoms with Gasteiger partial charge in [-0.05, 0) is 37.4 Å². The van der Waals surface area contributed by atoms with E-state index in [4.69, 9.17) is 14.2 Å². The maximum absolute atomic E-state index is 11.8. The molecule has 3 heterocycles. The molecular formula is C18H21NO5. The molecule has 1 aromatic rings. The van der Waals surface area contributed by atoms with Gasteiger partial charge in [-0.25, -0.2) is 0 Å². The summed E-state index contributed by atoms with van der Waals surface area (Å²) in [6, 6.07) is 3.67. The number of hydrogen-bond donors (Lipinski definition) is 3. The monoisotopic (exact) mass is 331 g/mol. The first-order valence-electron chi connectivity index (χ1n) is 8.86. The molecule has 2 aliphatic carbocycles. The molecule has 3 fully saturated rings. The van der Waals surface area contributed by atoms with Crippen molar-refractivity contribution in [3.05, 3.63) is 23.3 Å². The van der Waals surface area contributed by atoms with E-state index in [1.54, 1.807) is 6.07 Å². The maximum atomic E-state index is 11.8. The minimum absolute atomic E-state index is 0.000837. The SMILES string of the molecule is Oc1ccc2c3c1OC1C4(CC[C@@]5(O)[C@@H](C2)NCC[C@]315)OCCO4. The van der Waals surface area contributed by atoms with E-state index in [9.17, 15) is 10.2 Å². The summed E-state index contributed by atoms with van der Waals surface area (Å²) in [5.41, 5.74) is 0.670. The zero-order chi connectivity index (χ0) is 16.2. The van der Waals surface area contributed by atoms with Crippen molar-refractivity contribution in [3.8, 4) is 11.5 Å². The second kappa shape index (κ2) is 4.07. The predicted molar refractivity (Wildman–Crippen MR) is 83.1 cm³/mol. The van der Waals surface area contributed by atoms with Crippen LogP contribution < -0.4 is 10.1 Å². The number of hydrogen-bond acceptors (Lipinski definition) is 6. The van der Waals surface area contributed by atoms with Gasteiger partial charge in [-0.3, -0.25) is 0 Å². The minimum atomic E-state index is -0.900. The topological polar surface area (TPSA) is 80.2 Å². The summed E-state index contributed by atoms with van der Waals surface area (Å²) in [5, 5.41) is 25.7. The molecule has 6 rings (SSSR count). The van der Waals surface area contributed by atoms with Crippen LogP contribution in [0.3, 0.4) is 0 Å². The lowest BCUT2D eigenvalue weighted by atomic mass is 9.48. The second-order valence-electron chi connectivity index (χ2n) is 7.81. The van der Waals surface area contributed by atoms with Crippen molar-refractivity contribution in [1.29, 1.82) is 0 Å². The number of aromatic hydroxyl groups is 1. The first-order valence-corrected chi connectivity index (χ1v) is 8.86. The Kier molecular flexibility index (Phi) is 2.36. The number of fused-ring (bicyclic) bond motifs is 1. The van der Waals surface area contributed by atoms with Gasteiger partial charge in [0.1, 0.15) is 0 Å². The van der Waals surface area contributed by atoms with Crippen LogP contribution in [0, 0.1) is 0 Å². The third-order valence-electron chi connectivity index (χ3n) is 7.07. The zero-order valence-electron chi connectivity index (χ0n) is 13.4. The van der Waals surface area contributed by atoms with Gasteiger partial charge in [-0.1, -0.05) is 6.07 Å². The molecule has 4 atom stereocenters. The molecule has 2 saturated heterocycles. The van der Waals surface area contributed by atoms with Crippen LogP contribution in [-0.2, 0) is 21.3 Å². The number of nitrogens with one attached hydrogen (secondary N) is 1. The van der Waals surface area contributed by atoms with Crippen LogP contribution >= 0.6 is 0 Å². The molecule has 3 N–H and O–H groups in total. The smallest absolute Gasteiger partial charge is 0.207 e. The van der Waals surface area contributed by atoms with Crippen molar-refractivity contribution < 1.29 is 24.4 Å². The van der Waals surface area contributed by atoms with Gasteiger partial charge in [0.05, 0.1) is 24.2 Å². The van der Waals surface area contributed by atoms with Crippen LogP contribution in [0.5, 0.6) is 11.5 Å². The maximum Gasteiger partial charge on any atom is 0.207 e. The van der Waals surface area contributed by atoms with E-state index in [2.05, 4.69) is 5.32 Å². The first-order chi connectivity index (χ1) is 11.6. The number of phenolic OH excluding ortho intramolecular Hbond substituents is 1. The van der Waals surface area contributed by atoms with E-state index in [0.29, 0.717) is 31.8 Å². The normalized spacial score (nSPS) is 43.5. The molecule has 2 spiro atoms. The molecule has 3 aliphatic heterocycles. The van der Waals surface area contributed by atoms with Gasteiger partial charge in [-0.2, -0.15) is 0 Å². The fourth-order valence-corrected chi connectivity index (χ4v) is 6.17. The largest absolute Gasteiger partial charge is 0.504 e. The third-order valence-corrected chi connectivity index (χ3v) is 7.07. The molecule has 6 nitrogen and oxygen atoms in total. The quantitative estimate of drug-likeness (QED) is 0.645. The number of rotatable bonds is 0. The molecule has 1 aromatic carbocycles. The highest BCUT2D eigenvalue weighted by Gasteiger charge is 2.76. The summed E-state index contributed by atoms with van der Waals surface area (Å²) < 4.78 is 18.4. The van der Waals surface area contributed by atoms with Crippen molar-refractivity contribution in [2.45, 2.75) is 54.6 Å². The second-order valence-corrected chi connectivity index (χ2v) is 7.81. The number of piperidine rings is 1. The van der Waals surface area contributed by atoms with Gasteiger partial charge in [0.15, 0.2) is 17.6 Å². The number of aliphatic hydroxyl groups is 1. The van der Waals surface area contributed by atoms with Crippen LogP contribution in [0.15, 0.2) is 12.1 Å². The van der Waals surface area contributed by atoms with Crippen LogP contribution in [0.4, 0.5) is 0 Å². The predicted octanol–water partition coefficient (Wildman–Crippen LogP) is 0.577. The minimum Gasteiger partial charge on any atom is -0.504 e. The Morgan fingerprint density at radius 3 is 2.79 bits per heavy atom. The Hall–Kier alpha value is -1.34. The van der Waals surface area contributed by atoms with Crippen molar-refractivity contribution in [2.24, 2.45) is 0 Å². The average Bonchev–Trinajstić information content (AvgIpc) is 3.16. The Morgan fingerprint density at radius 1 is 1.12 bits per heavy atom. The molecule has 0 radical (unpaired) electrons. The first kappa shape index (κ1) is 13.9. The third kappa shape index (κ3) is 1.26. The van der Waals surface area contributed by atoms with E-state index in [-0.39, 0.29) is 11.8 Å². The van der Waals surface area contributed by atoms with E-state index in [1.165, 1.54) is 0 Å². The Bertz CT molecular complexity index is 745. The van der Waals surface area contributed by atoms with Gasteiger partial charge in [0.25, 0.3) is 0 Å². The summed E-state index contributed by atoms with van der Waals surface area (Å²) in [5.74, 6) is -0.143. The van der Waals surface area contributed by atoms with Gasteiger partial charge < -0.3 is 29.7 Å². The Morgan fingerprint density at radius 2 is 1.96 bits per heavy atom. The van der Waals surface area contributed by atoms with E-state index in [1.807, 2.05) is 6.07 Å². The van der Waals surface area contributed by atoms with Crippen LogP contribution in [-0.4, -0.2) is 53.5 Å². The Labute approximate surface area is 139 Å². The number of benzene rings is 1. The number of ether oxygens (including phenoxy) is 3. The average molecular weight is 331 g/mol. The lowest BCUT2D eigenvalue weighted by Gasteiger charge is -2.62. The summed E-state index contributed by atoms with van der Waals surface area (Å²) >= 11 is 0. The summed E-state index contributed by atoms with van der Waals surface area (Å²) in [6.45, 7) is 1.91. The van der Waals surface area contributed by atoms with Crippen LogP contribution in [0.1, 0.15) is 30.4 Å². The van der Waals surface area contributed by atoms with E-state index in [0.717, 1.165) is 30.5 Å². The Balaban J connectivity index is 1.67. The molecule has 1 saturated carbocycles. The van der Waals surface area contributed by atoms with Gasteiger partial charge in [0, 0.05) is 18.0 Å². The standard InChI is InChI=1S/C18H21NO5/c20-11-2-1-10-9-12-17(21)3-4-18(22-7-8-23-18)15-16(17,5-6-19-12)13(10)14(11)24-15/h1-2,12,15,19-21H,3-9H2/t12-,15?,16+,17-/m1/s1. The molecule has 128 valence electrons. The van der Waals surface area contributed by atoms with Gasteiger partial charge in [0.2, 0.25) is 5.79 Å². The molecular weight excluding hydrogens is 310 g/mol. The fourth-order valence-electron chi connectivity index (χ4n) is 6.17. The molecule has 6 heteroatoms. The van der Waals surface area contributed by atoms with Crippen LogP contribution in [0.2, 0.25) is 0 Å². The fraction of sp³-hybridized carbons (Fsp3) is 0.667. The van der Waals surface area contributed by atoms with Gasteiger partial charge in [-0.15, -0.1) is 0 Å². The highest BCUT2D eigenvalue weighted by molar-refractivity contribution is 5.62. The van der Waals surface area contributed by atoms with E-state index >= 15 is 0 Å². The van der Waals surface area contributed by atoms with Crippen molar-refractivity contribution in [3.63, 3.8) is 0 Å². The molecule has 1 unspecified atom stereocenters. The summed E-state index contributed by atoms with van der Waals surface area (Å²) in [6.07, 6.45) is 2.31. The van der Waals surface area contributed by atoms with Crippen LogP contribution in [0.25, 0.3) is 0 Å². The molecule has 2 bridgehead atoms. The van der Waals surface area contributed by atoms with Crippen molar-refractivity contribution >= 4 is 0 Å². The zero-order valence-corrected chi connectivity index (χ0v) is 13.4. The molecule has 0 amide bonds. The lowest BCUT2D eigenvalue weighted by Crippen LogP contribution is -2.79.